The fourth-order valence-corrected chi connectivity index (χ4v) is 2.08. The van der Waals surface area contributed by atoms with E-state index in [4.69, 9.17) is 9.47 Å². The Kier molecular flexibility index (Phi) is 8.37. The standard InChI is InChI=1S/C16H23N5O2.HI/c1-5-23-14-7-6-12(10-15(14)22-4)20-16(17-2)18-11-13-8-9-19-21(13)3;/h6-10H,5,11H2,1-4H3,(H2,17,18,20);1H. The van der Waals surface area contributed by atoms with Crippen molar-refractivity contribution in [2.75, 3.05) is 26.1 Å². The van der Waals surface area contributed by atoms with Gasteiger partial charge in [0.15, 0.2) is 17.5 Å². The van der Waals surface area contributed by atoms with E-state index < -0.39 is 0 Å². The van der Waals surface area contributed by atoms with E-state index in [0.29, 0.717) is 24.9 Å². The Balaban J connectivity index is 0.00000288. The number of aliphatic imine (C=N–C) groups is 1. The first-order chi connectivity index (χ1) is 11.2. The molecule has 0 amide bonds. The predicted molar refractivity (Wildman–Crippen MR) is 107 cm³/mol. The van der Waals surface area contributed by atoms with E-state index in [-0.39, 0.29) is 24.0 Å². The molecule has 0 aliphatic heterocycles. The second-order valence-electron chi connectivity index (χ2n) is 4.80. The van der Waals surface area contributed by atoms with Crippen LogP contribution in [0.1, 0.15) is 12.6 Å². The van der Waals surface area contributed by atoms with E-state index in [1.165, 1.54) is 0 Å². The molecule has 2 N–H and O–H groups in total. The van der Waals surface area contributed by atoms with Crippen LogP contribution in [0.15, 0.2) is 35.5 Å². The number of aromatic nitrogens is 2. The summed E-state index contributed by atoms with van der Waals surface area (Å²) in [6.45, 7) is 3.16. The maximum atomic E-state index is 5.52. The average Bonchev–Trinajstić information content (AvgIpc) is 2.98. The minimum absolute atomic E-state index is 0. The molecule has 0 atom stereocenters. The molecule has 0 aliphatic carbocycles. The lowest BCUT2D eigenvalue weighted by Gasteiger charge is -2.14. The summed E-state index contributed by atoms with van der Waals surface area (Å²) in [5.41, 5.74) is 1.93. The van der Waals surface area contributed by atoms with Crippen LogP contribution in [0.25, 0.3) is 0 Å². The summed E-state index contributed by atoms with van der Waals surface area (Å²) in [6, 6.07) is 7.63. The maximum Gasteiger partial charge on any atom is 0.195 e. The maximum absolute atomic E-state index is 5.52. The monoisotopic (exact) mass is 445 g/mol. The van der Waals surface area contributed by atoms with Gasteiger partial charge in [0.2, 0.25) is 0 Å². The summed E-state index contributed by atoms with van der Waals surface area (Å²) < 4.78 is 12.7. The highest BCUT2D eigenvalue weighted by molar-refractivity contribution is 14.0. The number of nitrogens with zero attached hydrogens (tertiary/aromatic N) is 3. The van der Waals surface area contributed by atoms with Gasteiger partial charge in [-0.05, 0) is 25.1 Å². The van der Waals surface area contributed by atoms with E-state index in [2.05, 4.69) is 20.7 Å². The lowest BCUT2D eigenvalue weighted by molar-refractivity contribution is 0.311. The van der Waals surface area contributed by atoms with Gasteiger partial charge >= 0.3 is 0 Å². The molecular weight excluding hydrogens is 421 g/mol. The van der Waals surface area contributed by atoms with Crippen molar-refractivity contribution in [3.8, 4) is 11.5 Å². The fourth-order valence-electron chi connectivity index (χ4n) is 2.08. The molecule has 0 saturated carbocycles. The molecule has 0 unspecified atom stereocenters. The molecule has 0 aliphatic rings. The van der Waals surface area contributed by atoms with Gasteiger partial charge in [-0.3, -0.25) is 9.67 Å². The van der Waals surface area contributed by atoms with Gasteiger partial charge in [0.25, 0.3) is 0 Å². The van der Waals surface area contributed by atoms with Crippen LogP contribution in [0.4, 0.5) is 5.69 Å². The highest BCUT2D eigenvalue weighted by atomic mass is 127. The number of aryl methyl sites for hydroxylation is 1. The Morgan fingerprint density at radius 1 is 1.29 bits per heavy atom. The van der Waals surface area contributed by atoms with E-state index in [9.17, 15) is 0 Å². The smallest absolute Gasteiger partial charge is 0.195 e. The molecular formula is C16H24IN5O2. The number of nitrogens with one attached hydrogen (secondary N) is 2. The molecule has 0 fully saturated rings. The van der Waals surface area contributed by atoms with E-state index >= 15 is 0 Å². The number of ether oxygens (including phenoxy) is 2. The Labute approximate surface area is 159 Å². The van der Waals surface area contributed by atoms with E-state index in [1.807, 2.05) is 42.9 Å². The minimum Gasteiger partial charge on any atom is -0.493 e. The van der Waals surface area contributed by atoms with Crippen molar-refractivity contribution < 1.29 is 9.47 Å². The van der Waals surface area contributed by atoms with Crippen LogP contribution in [0.5, 0.6) is 11.5 Å². The SMILES string of the molecule is CCOc1ccc(NC(=NC)NCc2ccnn2C)cc1OC.I. The second kappa shape index (κ2) is 10.0. The van der Waals surface area contributed by atoms with Gasteiger partial charge in [0, 0.05) is 32.0 Å². The predicted octanol–water partition coefficient (Wildman–Crippen LogP) is 2.63. The van der Waals surface area contributed by atoms with Gasteiger partial charge in [-0.1, -0.05) is 0 Å². The van der Waals surface area contributed by atoms with Gasteiger partial charge < -0.3 is 20.1 Å². The molecule has 0 spiro atoms. The Bertz CT molecular complexity index is 672. The molecule has 8 heteroatoms. The van der Waals surface area contributed by atoms with Crippen LogP contribution in [0.3, 0.4) is 0 Å². The van der Waals surface area contributed by atoms with Crippen LogP contribution >= 0.6 is 24.0 Å². The molecule has 1 aromatic heterocycles. The summed E-state index contributed by atoms with van der Waals surface area (Å²) in [5.74, 6) is 2.06. The molecule has 1 heterocycles. The first-order valence-electron chi connectivity index (χ1n) is 7.43. The summed E-state index contributed by atoms with van der Waals surface area (Å²) in [6.07, 6.45) is 1.77. The van der Waals surface area contributed by atoms with Gasteiger partial charge in [0.1, 0.15) is 0 Å². The third-order valence-electron chi connectivity index (χ3n) is 3.31. The summed E-state index contributed by atoms with van der Waals surface area (Å²) in [7, 11) is 5.26. The van der Waals surface area contributed by atoms with Crippen LogP contribution in [0, 0.1) is 0 Å². The Morgan fingerprint density at radius 3 is 2.67 bits per heavy atom. The number of hydrogen-bond acceptors (Lipinski definition) is 4. The number of benzene rings is 1. The second-order valence-corrected chi connectivity index (χ2v) is 4.80. The quantitative estimate of drug-likeness (QED) is 0.407. The highest BCUT2D eigenvalue weighted by Gasteiger charge is 2.07. The first-order valence-corrected chi connectivity index (χ1v) is 7.43. The molecule has 0 bridgehead atoms. The number of halogens is 1. The van der Waals surface area contributed by atoms with Crippen molar-refractivity contribution in [2.45, 2.75) is 13.5 Å². The minimum atomic E-state index is 0. The third-order valence-corrected chi connectivity index (χ3v) is 3.31. The van der Waals surface area contributed by atoms with E-state index in [1.54, 1.807) is 20.4 Å². The average molecular weight is 445 g/mol. The van der Waals surface area contributed by atoms with Crippen molar-refractivity contribution in [2.24, 2.45) is 12.0 Å². The third kappa shape index (κ3) is 5.29. The number of hydrogen-bond donors (Lipinski definition) is 2. The Morgan fingerprint density at radius 2 is 2.08 bits per heavy atom. The molecule has 2 rings (SSSR count). The number of guanidine groups is 1. The van der Waals surface area contributed by atoms with Crippen LogP contribution in [-0.2, 0) is 13.6 Å². The number of rotatable bonds is 6. The van der Waals surface area contributed by atoms with Crippen molar-refractivity contribution in [3.63, 3.8) is 0 Å². The Hall–Kier alpha value is -1.97. The molecule has 0 saturated heterocycles. The normalized spacial score (nSPS) is 10.8. The van der Waals surface area contributed by atoms with Crippen LogP contribution < -0.4 is 20.1 Å². The zero-order valence-electron chi connectivity index (χ0n) is 14.4. The van der Waals surface area contributed by atoms with Crippen LogP contribution in [0.2, 0.25) is 0 Å². The number of methoxy groups -OCH3 is 1. The molecule has 0 radical (unpaired) electrons. The van der Waals surface area contributed by atoms with Crippen molar-refractivity contribution in [1.82, 2.24) is 15.1 Å². The molecule has 24 heavy (non-hydrogen) atoms. The summed E-state index contributed by atoms with van der Waals surface area (Å²) in [5, 5.41) is 10.6. The lowest BCUT2D eigenvalue weighted by atomic mass is 10.2. The molecule has 7 nitrogen and oxygen atoms in total. The first kappa shape index (κ1) is 20.1. The molecule has 1 aromatic carbocycles. The van der Waals surface area contributed by atoms with Crippen molar-refractivity contribution in [3.05, 3.63) is 36.2 Å². The van der Waals surface area contributed by atoms with E-state index in [0.717, 1.165) is 17.1 Å². The van der Waals surface area contributed by atoms with Gasteiger partial charge in [-0.15, -0.1) is 24.0 Å². The van der Waals surface area contributed by atoms with Gasteiger partial charge in [0.05, 0.1) is 26.0 Å². The topological polar surface area (TPSA) is 72.7 Å². The zero-order valence-corrected chi connectivity index (χ0v) is 16.7. The largest absolute Gasteiger partial charge is 0.493 e. The summed E-state index contributed by atoms with van der Waals surface area (Å²) in [4.78, 5) is 4.22. The van der Waals surface area contributed by atoms with Gasteiger partial charge in [-0.2, -0.15) is 5.10 Å². The molecule has 132 valence electrons. The lowest BCUT2D eigenvalue weighted by Crippen LogP contribution is -2.30. The van der Waals surface area contributed by atoms with Crippen LogP contribution in [-0.4, -0.2) is 36.5 Å². The van der Waals surface area contributed by atoms with Gasteiger partial charge in [-0.25, -0.2) is 0 Å². The highest BCUT2D eigenvalue weighted by Crippen LogP contribution is 2.30. The van der Waals surface area contributed by atoms with Crippen molar-refractivity contribution >= 4 is 35.6 Å². The zero-order chi connectivity index (χ0) is 16.7. The fraction of sp³-hybridized carbons (Fsp3) is 0.375. The summed E-state index contributed by atoms with van der Waals surface area (Å²) >= 11 is 0. The number of anilines is 1. The molecule has 2 aromatic rings. The van der Waals surface area contributed by atoms with Crippen molar-refractivity contribution in [1.29, 1.82) is 0 Å².